The molecule has 1 heterocycles. The number of alkyl halides is 3. The van der Waals surface area contributed by atoms with Crippen molar-refractivity contribution in [2.75, 3.05) is 0 Å². The Morgan fingerprint density at radius 1 is 1.10 bits per heavy atom. The van der Waals surface area contributed by atoms with Crippen LogP contribution in [0.4, 0.5) is 13.2 Å². The highest BCUT2D eigenvalue weighted by molar-refractivity contribution is 5.30. The first-order valence-electron chi connectivity index (χ1n) is 6.61. The highest BCUT2D eigenvalue weighted by Gasteiger charge is 2.30. The maximum absolute atomic E-state index is 12.5. The Hall–Kier alpha value is -1.88. The molecule has 1 aromatic carbocycles. The number of nitrogens with two attached hydrogens (primary N) is 1. The van der Waals surface area contributed by atoms with Crippen molar-refractivity contribution in [2.24, 2.45) is 5.73 Å². The van der Waals surface area contributed by atoms with Crippen molar-refractivity contribution >= 4 is 0 Å². The molecule has 112 valence electrons. The van der Waals surface area contributed by atoms with E-state index in [1.165, 1.54) is 6.07 Å². The highest BCUT2D eigenvalue weighted by atomic mass is 19.4. The molecule has 0 amide bonds. The van der Waals surface area contributed by atoms with E-state index in [2.05, 4.69) is 11.1 Å². The fraction of sp³-hybridized carbons (Fsp3) is 0.312. The van der Waals surface area contributed by atoms with Gasteiger partial charge in [0, 0.05) is 6.20 Å². The molecule has 0 fully saturated rings. The molecular weight excluding hydrogens is 277 g/mol. The van der Waals surface area contributed by atoms with Gasteiger partial charge in [-0.2, -0.15) is 13.2 Å². The van der Waals surface area contributed by atoms with Gasteiger partial charge in [-0.25, -0.2) is 0 Å². The standard InChI is InChI=1S/C16H17F3N2/c1-10-5-11(2)7-12(6-10)8-14(20)15-4-3-13(9-21-15)16(17,18)19/h3-7,9,14H,8,20H2,1-2H3. The minimum absolute atomic E-state index is 0.423. The second-order valence-electron chi connectivity index (χ2n) is 5.28. The predicted octanol–water partition coefficient (Wildman–Crippen LogP) is 3.96. The van der Waals surface area contributed by atoms with Crippen LogP contribution in [0.3, 0.4) is 0 Å². The van der Waals surface area contributed by atoms with Crippen molar-refractivity contribution in [3.8, 4) is 0 Å². The summed E-state index contributed by atoms with van der Waals surface area (Å²) in [6, 6.07) is 8.05. The molecule has 21 heavy (non-hydrogen) atoms. The third kappa shape index (κ3) is 4.04. The zero-order valence-corrected chi connectivity index (χ0v) is 11.9. The first kappa shape index (κ1) is 15.5. The van der Waals surface area contributed by atoms with E-state index in [1.54, 1.807) is 0 Å². The van der Waals surface area contributed by atoms with Crippen LogP contribution in [0.1, 0.15) is 34.0 Å². The zero-order chi connectivity index (χ0) is 15.6. The van der Waals surface area contributed by atoms with E-state index in [0.29, 0.717) is 12.1 Å². The summed E-state index contributed by atoms with van der Waals surface area (Å²) in [5.41, 5.74) is 9.07. The monoisotopic (exact) mass is 294 g/mol. The smallest absolute Gasteiger partial charge is 0.322 e. The number of aromatic nitrogens is 1. The van der Waals surface area contributed by atoms with Gasteiger partial charge in [-0.1, -0.05) is 29.3 Å². The number of hydrogen-bond donors (Lipinski definition) is 1. The van der Waals surface area contributed by atoms with Crippen LogP contribution in [0.2, 0.25) is 0 Å². The maximum Gasteiger partial charge on any atom is 0.417 e. The molecule has 0 aliphatic heterocycles. The van der Waals surface area contributed by atoms with Crippen LogP contribution >= 0.6 is 0 Å². The lowest BCUT2D eigenvalue weighted by Gasteiger charge is -2.13. The molecule has 0 aliphatic carbocycles. The Bertz CT molecular complexity index is 598. The molecule has 1 aromatic heterocycles. The average Bonchev–Trinajstić information content (AvgIpc) is 2.36. The number of rotatable bonds is 3. The van der Waals surface area contributed by atoms with E-state index < -0.39 is 17.8 Å². The molecule has 0 radical (unpaired) electrons. The lowest BCUT2D eigenvalue weighted by molar-refractivity contribution is -0.137. The lowest BCUT2D eigenvalue weighted by Crippen LogP contribution is -2.16. The van der Waals surface area contributed by atoms with Crippen LogP contribution in [-0.4, -0.2) is 4.98 Å². The minimum Gasteiger partial charge on any atom is -0.322 e. The van der Waals surface area contributed by atoms with Gasteiger partial charge in [-0.15, -0.1) is 0 Å². The first-order valence-corrected chi connectivity index (χ1v) is 6.61. The van der Waals surface area contributed by atoms with Gasteiger partial charge >= 0.3 is 6.18 Å². The minimum atomic E-state index is -4.37. The predicted molar refractivity (Wildman–Crippen MR) is 75.8 cm³/mol. The Morgan fingerprint density at radius 3 is 2.19 bits per heavy atom. The highest BCUT2D eigenvalue weighted by Crippen LogP contribution is 2.29. The molecule has 0 aliphatic rings. The Balaban J connectivity index is 2.15. The summed E-state index contributed by atoms with van der Waals surface area (Å²) in [6.07, 6.45) is -3.00. The second-order valence-corrected chi connectivity index (χ2v) is 5.28. The van der Waals surface area contributed by atoms with E-state index in [9.17, 15) is 13.2 Å². The lowest BCUT2D eigenvalue weighted by atomic mass is 9.99. The summed E-state index contributed by atoms with van der Waals surface area (Å²) in [7, 11) is 0. The summed E-state index contributed by atoms with van der Waals surface area (Å²) >= 11 is 0. The Kier molecular flexibility index (Phi) is 4.32. The number of nitrogens with zero attached hydrogens (tertiary/aromatic N) is 1. The number of aryl methyl sites for hydroxylation is 2. The van der Waals surface area contributed by atoms with E-state index >= 15 is 0 Å². The second kappa shape index (κ2) is 5.85. The summed E-state index contributed by atoms with van der Waals surface area (Å²) in [6.45, 7) is 4.00. The molecule has 1 atom stereocenters. The van der Waals surface area contributed by atoms with Crippen molar-refractivity contribution < 1.29 is 13.2 Å². The SMILES string of the molecule is Cc1cc(C)cc(CC(N)c2ccc(C(F)(F)F)cn2)c1. The largest absolute Gasteiger partial charge is 0.417 e. The molecule has 0 saturated heterocycles. The number of halogens is 3. The maximum atomic E-state index is 12.5. The van der Waals surface area contributed by atoms with Gasteiger partial charge in [0.2, 0.25) is 0 Å². The van der Waals surface area contributed by atoms with Gasteiger partial charge < -0.3 is 5.73 Å². The fourth-order valence-corrected chi connectivity index (χ4v) is 2.34. The van der Waals surface area contributed by atoms with Crippen molar-refractivity contribution in [1.29, 1.82) is 0 Å². The van der Waals surface area contributed by atoms with Crippen molar-refractivity contribution in [3.63, 3.8) is 0 Å². The third-order valence-electron chi connectivity index (χ3n) is 3.23. The van der Waals surface area contributed by atoms with Gasteiger partial charge in [0.05, 0.1) is 17.3 Å². The third-order valence-corrected chi connectivity index (χ3v) is 3.23. The number of benzene rings is 1. The summed E-state index contributed by atoms with van der Waals surface area (Å²) < 4.78 is 37.5. The van der Waals surface area contributed by atoms with Gasteiger partial charge in [0.15, 0.2) is 0 Å². The molecular formula is C16H17F3N2. The molecule has 0 saturated carbocycles. The normalized spacial score (nSPS) is 13.2. The summed E-state index contributed by atoms with van der Waals surface area (Å²) in [5, 5.41) is 0. The van der Waals surface area contributed by atoms with Crippen molar-refractivity contribution in [1.82, 2.24) is 4.98 Å². The van der Waals surface area contributed by atoms with Gasteiger partial charge in [0.25, 0.3) is 0 Å². The van der Waals surface area contributed by atoms with Gasteiger partial charge in [-0.05, 0) is 38.0 Å². The molecule has 2 nitrogen and oxygen atoms in total. The van der Waals surface area contributed by atoms with E-state index in [1.807, 2.05) is 26.0 Å². The van der Waals surface area contributed by atoms with Crippen molar-refractivity contribution in [2.45, 2.75) is 32.5 Å². The number of pyridine rings is 1. The van der Waals surface area contributed by atoms with Crippen LogP contribution in [0.25, 0.3) is 0 Å². The molecule has 1 unspecified atom stereocenters. The quantitative estimate of drug-likeness (QED) is 0.930. The molecule has 0 spiro atoms. The fourth-order valence-electron chi connectivity index (χ4n) is 2.34. The van der Waals surface area contributed by atoms with E-state index in [0.717, 1.165) is 29.0 Å². The number of hydrogen-bond acceptors (Lipinski definition) is 2. The van der Waals surface area contributed by atoms with Crippen molar-refractivity contribution in [3.05, 3.63) is 64.5 Å². The van der Waals surface area contributed by atoms with Crippen LogP contribution in [0.15, 0.2) is 36.5 Å². The average molecular weight is 294 g/mol. The zero-order valence-electron chi connectivity index (χ0n) is 11.9. The molecule has 0 bridgehead atoms. The van der Waals surface area contributed by atoms with Crippen LogP contribution in [0, 0.1) is 13.8 Å². The Morgan fingerprint density at radius 2 is 1.71 bits per heavy atom. The molecule has 2 N–H and O–H groups in total. The van der Waals surface area contributed by atoms with Crippen LogP contribution in [-0.2, 0) is 12.6 Å². The van der Waals surface area contributed by atoms with Gasteiger partial charge in [0.1, 0.15) is 0 Å². The summed E-state index contributed by atoms with van der Waals surface area (Å²) in [5.74, 6) is 0. The van der Waals surface area contributed by atoms with Crippen LogP contribution in [0.5, 0.6) is 0 Å². The van der Waals surface area contributed by atoms with E-state index in [-0.39, 0.29) is 0 Å². The molecule has 2 rings (SSSR count). The Labute approximate surface area is 121 Å². The van der Waals surface area contributed by atoms with Gasteiger partial charge in [-0.3, -0.25) is 4.98 Å². The van der Waals surface area contributed by atoms with Crippen LogP contribution < -0.4 is 5.73 Å². The van der Waals surface area contributed by atoms with E-state index in [4.69, 9.17) is 5.73 Å². The summed E-state index contributed by atoms with van der Waals surface area (Å²) in [4.78, 5) is 3.84. The molecule has 5 heteroatoms. The first-order chi connectivity index (χ1) is 9.75. The topological polar surface area (TPSA) is 38.9 Å². The molecule has 2 aromatic rings.